The van der Waals surface area contributed by atoms with E-state index < -0.39 is 60.4 Å². The number of aromatic amines is 1. The van der Waals surface area contributed by atoms with Gasteiger partial charge >= 0.3 is 11.7 Å². The molecular formula is C12H14N2O8. The zero-order valence-corrected chi connectivity index (χ0v) is 11.2. The number of aliphatic hydroxyl groups excluding tert-OH is 2. The summed E-state index contributed by atoms with van der Waals surface area (Å²) in [6.45, 7) is 0. The van der Waals surface area contributed by atoms with Gasteiger partial charge in [0.15, 0.2) is 6.23 Å². The van der Waals surface area contributed by atoms with Gasteiger partial charge in [0.1, 0.15) is 24.4 Å². The molecule has 1 saturated heterocycles. The van der Waals surface area contributed by atoms with Gasteiger partial charge in [-0.2, -0.15) is 0 Å². The topological polar surface area (TPSA) is 159 Å². The number of ketones is 1. The number of Topliss-reactive ketones (excluding diaryl/α,β-unsaturated/α-hetero) is 1. The van der Waals surface area contributed by atoms with E-state index in [-0.39, 0.29) is 0 Å². The van der Waals surface area contributed by atoms with E-state index in [4.69, 9.17) is 9.84 Å². The van der Waals surface area contributed by atoms with Crippen LogP contribution >= 0.6 is 0 Å². The molecule has 4 atom stereocenters. The second kappa shape index (κ2) is 6.22. The molecule has 0 aromatic carbocycles. The molecule has 0 saturated carbocycles. The van der Waals surface area contributed by atoms with Crippen LogP contribution in [0.2, 0.25) is 0 Å². The maximum Gasteiger partial charge on any atom is 0.330 e. The average Bonchev–Trinajstić information content (AvgIpc) is 2.66. The highest BCUT2D eigenvalue weighted by atomic mass is 16.6. The zero-order chi connectivity index (χ0) is 16.4. The van der Waals surface area contributed by atoms with Crippen molar-refractivity contribution < 1.29 is 29.6 Å². The molecular weight excluding hydrogens is 300 g/mol. The Morgan fingerprint density at radius 1 is 1.27 bits per heavy atom. The zero-order valence-electron chi connectivity index (χ0n) is 11.2. The molecule has 10 heteroatoms. The number of aliphatic carboxylic acids is 1. The third kappa shape index (κ3) is 3.30. The van der Waals surface area contributed by atoms with E-state index in [1.54, 1.807) is 0 Å². The number of carbonyl (C=O) groups is 2. The Morgan fingerprint density at radius 3 is 2.55 bits per heavy atom. The molecule has 1 aromatic rings. The number of H-pyrrole nitrogens is 1. The summed E-state index contributed by atoms with van der Waals surface area (Å²) >= 11 is 0. The molecule has 1 aliphatic heterocycles. The SMILES string of the molecule is O=C(O)CC(=O)C[C@H]1O[C@@H](n2ccc(=O)[nH]c2=O)[C@H](O)[C@@H]1O. The molecule has 2 heterocycles. The predicted molar refractivity (Wildman–Crippen MR) is 69.1 cm³/mol. The molecule has 0 unspecified atom stereocenters. The minimum Gasteiger partial charge on any atom is -0.481 e. The maximum atomic E-state index is 11.6. The van der Waals surface area contributed by atoms with E-state index in [1.807, 2.05) is 4.98 Å². The number of carboxylic acids is 1. The second-order valence-electron chi connectivity index (χ2n) is 4.88. The van der Waals surface area contributed by atoms with Gasteiger partial charge in [-0.3, -0.25) is 23.9 Å². The first-order chi connectivity index (χ1) is 10.3. The Morgan fingerprint density at radius 2 is 1.95 bits per heavy atom. The van der Waals surface area contributed by atoms with Gasteiger partial charge in [-0.15, -0.1) is 0 Å². The van der Waals surface area contributed by atoms with Crippen molar-refractivity contribution in [2.75, 3.05) is 0 Å². The number of rotatable bonds is 5. The summed E-state index contributed by atoms with van der Waals surface area (Å²) in [5.41, 5.74) is -1.48. The van der Waals surface area contributed by atoms with Crippen LogP contribution in [0.3, 0.4) is 0 Å². The summed E-state index contributed by atoms with van der Waals surface area (Å²) in [5.74, 6) is -2.00. The maximum absolute atomic E-state index is 11.6. The summed E-state index contributed by atoms with van der Waals surface area (Å²) in [5, 5.41) is 28.3. The van der Waals surface area contributed by atoms with Gasteiger partial charge in [-0.05, 0) is 0 Å². The van der Waals surface area contributed by atoms with E-state index in [2.05, 4.69) is 0 Å². The fraction of sp³-hybridized carbons (Fsp3) is 0.500. The van der Waals surface area contributed by atoms with Gasteiger partial charge < -0.3 is 20.1 Å². The summed E-state index contributed by atoms with van der Waals surface area (Å²) in [6, 6.07) is 1.03. The first-order valence-corrected chi connectivity index (χ1v) is 6.36. The Hall–Kier alpha value is -2.30. The quantitative estimate of drug-likeness (QED) is 0.437. The fourth-order valence-corrected chi connectivity index (χ4v) is 2.22. The predicted octanol–water partition coefficient (Wildman–Crippen LogP) is -2.41. The second-order valence-corrected chi connectivity index (χ2v) is 4.88. The van der Waals surface area contributed by atoms with Crippen LogP contribution in [0.25, 0.3) is 0 Å². The van der Waals surface area contributed by atoms with Crippen LogP contribution < -0.4 is 11.2 Å². The minimum atomic E-state index is -1.51. The van der Waals surface area contributed by atoms with Gasteiger partial charge in [-0.25, -0.2) is 4.79 Å². The lowest BCUT2D eigenvalue weighted by molar-refractivity contribution is -0.141. The van der Waals surface area contributed by atoms with Gasteiger partial charge in [0.2, 0.25) is 0 Å². The summed E-state index contributed by atoms with van der Waals surface area (Å²) in [4.78, 5) is 46.5. The number of nitrogens with one attached hydrogen (secondary N) is 1. The number of carbonyl (C=O) groups excluding carboxylic acids is 1. The van der Waals surface area contributed by atoms with E-state index in [0.717, 1.165) is 16.8 Å². The minimum absolute atomic E-state index is 0.418. The van der Waals surface area contributed by atoms with Crippen LogP contribution in [0.4, 0.5) is 0 Å². The third-order valence-corrected chi connectivity index (χ3v) is 3.24. The average molecular weight is 314 g/mol. The molecule has 0 spiro atoms. The number of aliphatic hydroxyl groups is 2. The van der Waals surface area contributed by atoms with Crippen molar-refractivity contribution in [3.8, 4) is 0 Å². The molecule has 1 fully saturated rings. The van der Waals surface area contributed by atoms with Gasteiger partial charge in [0, 0.05) is 18.7 Å². The monoisotopic (exact) mass is 314 g/mol. The number of hydrogen-bond donors (Lipinski definition) is 4. The van der Waals surface area contributed by atoms with Crippen LogP contribution in [0, 0.1) is 0 Å². The van der Waals surface area contributed by atoms with Crippen LogP contribution in [-0.4, -0.2) is 54.9 Å². The van der Waals surface area contributed by atoms with Crippen molar-refractivity contribution in [2.24, 2.45) is 0 Å². The highest BCUT2D eigenvalue weighted by molar-refractivity contribution is 5.94. The molecule has 0 bridgehead atoms. The van der Waals surface area contributed by atoms with Crippen molar-refractivity contribution in [1.29, 1.82) is 0 Å². The van der Waals surface area contributed by atoms with Gasteiger partial charge in [0.25, 0.3) is 5.56 Å². The van der Waals surface area contributed by atoms with Gasteiger partial charge in [0.05, 0.1) is 6.10 Å². The van der Waals surface area contributed by atoms with Crippen molar-refractivity contribution in [1.82, 2.24) is 9.55 Å². The Labute approximate surface area is 122 Å². The number of carboxylic acid groups (broad SMARTS) is 1. The molecule has 2 rings (SSSR count). The lowest BCUT2D eigenvalue weighted by Gasteiger charge is -2.16. The Bertz CT molecular complexity index is 693. The summed E-state index contributed by atoms with van der Waals surface area (Å²) < 4.78 is 6.14. The first kappa shape index (κ1) is 16.1. The molecule has 1 aliphatic rings. The van der Waals surface area contributed by atoms with Crippen molar-refractivity contribution >= 4 is 11.8 Å². The first-order valence-electron chi connectivity index (χ1n) is 6.36. The molecule has 22 heavy (non-hydrogen) atoms. The van der Waals surface area contributed by atoms with Crippen molar-refractivity contribution in [3.05, 3.63) is 33.1 Å². The van der Waals surface area contributed by atoms with Crippen molar-refractivity contribution in [2.45, 2.75) is 37.4 Å². The summed E-state index contributed by atoms with van der Waals surface area (Å²) in [7, 11) is 0. The normalized spacial score (nSPS) is 27.7. The smallest absolute Gasteiger partial charge is 0.330 e. The summed E-state index contributed by atoms with van der Waals surface area (Å²) in [6.07, 6.45) is -5.48. The number of ether oxygens (including phenoxy) is 1. The van der Waals surface area contributed by atoms with Crippen LogP contribution in [0.15, 0.2) is 21.9 Å². The van der Waals surface area contributed by atoms with Crippen LogP contribution in [-0.2, 0) is 14.3 Å². The molecule has 0 aliphatic carbocycles. The highest BCUT2D eigenvalue weighted by Crippen LogP contribution is 2.30. The molecule has 0 radical (unpaired) electrons. The molecule has 120 valence electrons. The lowest BCUT2D eigenvalue weighted by Crippen LogP contribution is -2.37. The van der Waals surface area contributed by atoms with E-state index >= 15 is 0 Å². The molecule has 0 amide bonds. The number of hydrogen-bond acceptors (Lipinski definition) is 7. The van der Waals surface area contributed by atoms with Crippen LogP contribution in [0.5, 0.6) is 0 Å². The Balaban J connectivity index is 2.16. The third-order valence-electron chi connectivity index (χ3n) is 3.24. The largest absolute Gasteiger partial charge is 0.481 e. The number of nitrogens with zero attached hydrogens (tertiary/aromatic N) is 1. The van der Waals surface area contributed by atoms with E-state index in [0.29, 0.717) is 0 Å². The fourth-order valence-electron chi connectivity index (χ4n) is 2.22. The lowest BCUT2D eigenvalue weighted by atomic mass is 10.0. The molecule has 1 aromatic heterocycles. The Kier molecular flexibility index (Phi) is 4.54. The van der Waals surface area contributed by atoms with Gasteiger partial charge in [-0.1, -0.05) is 0 Å². The van der Waals surface area contributed by atoms with E-state index in [9.17, 15) is 29.4 Å². The standard InChI is InChI=1S/C12H14N2O8/c15-5(4-8(17)18)3-6-9(19)10(20)11(22-6)14-2-1-7(16)13-12(14)21/h1-2,6,9-11,19-20H,3-4H2,(H,17,18)(H,13,16,21)/t6-,9-,10-,11-/m1/s1. The highest BCUT2D eigenvalue weighted by Gasteiger charge is 2.44. The van der Waals surface area contributed by atoms with Crippen molar-refractivity contribution in [3.63, 3.8) is 0 Å². The van der Waals surface area contributed by atoms with E-state index in [1.165, 1.54) is 0 Å². The molecule has 10 nitrogen and oxygen atoms in total. The molecule has 4 N–H and O–H groups in total. The van der Waals surface area contributed by atoms with Crippen LogP contribution in [0.1, 0.15) is 19.1 Å². The number of aromatic nitrogens is 2.